The largest absolute Gasteiger partial charge is 0.349 e. The van der Waals surface area contributed by atoms with Gasteiger partial charge in [0.2, 0.25) is 0 Å². The number of hydrogen-bond acceptors (Lipinski definition) is 3. The van der Waals surface area contributed by atoms with Crippen molar-refractivity contribution in [2.75, 3.05) is 0 Å². The summed E-state index contributed by atoms with van der Waals surface area (Å²) < 4.78 is 14.8. The SMILES string of the molecule is CC(C)n1cc2c(F)cc(=O)[nH]c2nc1=O. The third-order valence-corrected chi connectivity index (χ3v) is 2.26. The van der Waals surface area contributed by atoms with Crippen LogP contribution in [0.1, 0.15) is 19.9 Å². The minimum atomic E-state index is -0.680. The van der Waals surface area contributed by atoms with Gasteiger partial charge in [-0.25, -0.2) is 9.18 Å². The molecule has 0 aliphatic rings. The van der Waals surface area contributed by atoms with Crippen LogP contribution in [-0.4, -0.2) is 14.5 Å². The summed E-state index contributed by atoms with van der Waals surface area (Å²) in [6, 6.07) is 0.717. The highest BCUT2D eigenvalue weighted by molar-refractivity contribution is 5.73. The van der Waals surface area contributed by atoms with E-state index in [2.05, 4.69) is 9.97 Å². The molecule has 6 heteroatoms. The first kappa shape index (κ1) is 10.5. The molecule has 1 N–H and O–H groups in total. The predicted molar refractivity (Wildman–Crippen MR) is 57.0 cm³/mol. The second-order valence-corrected chi connectivity index (χ2v) is 3.77. The van der Waals surface area contributed by atoms with E-state index in [9.17, 15) is 14.0 Å². The molecule has 2 heterocycles. The lowest BCUT2D eigenvalue weighted by Crippen LogP contribution is -2.25. The highest BCUT2D eigenvalue weighted by Gasteiger charge is 2.09. The van der Waals surface area contributed by atoms with Crippen molar-refractivity contribution in [2.45, 2.75) is 19.9 Å². The smallest absolute Gasteiger partial charge is 0.306 e. The van der Waals surface area contributed by atoms with E-state index in [1.165, 1.54) is 10.8 Å². The van der Waals surface area contributed by atoms with E-state index < -0.39 is 17.1 Å². The lowest BCUT2D eigenvalue weighted by Gasteiger charge is -2.09. The van der Waals surface area contributed by atoms with Gasteiger partial charge in [0.05, 0.1) is 5.39 Å². The van der Waals surface area contributed by atoms with Gasteiger partial charge in [-0.1, -0.05) is 0 Å². The van der Waals surface area contributed by atoms with Crippen LogP contribution in [0.4, 0.5) is 4.39 Å². The van der Waals surface area contributed by atoms with Crippen molar-refractivity contribution >= 4 is 11.0 Å². The van der Waals surface area contributed by atoms with Crippen LogP contribution in [0.15, 0.2) is 21.9 Å². The maximum atomic E-state index is 13.4. The van der Waals surface area contributed by atoms with Gasteiger partial charge in [0.25, 0.3) is 5.56 Å². The average Bonchev–Trinajstić information content (AvgIpc) is 2.15. The highest BCUT2D eigenvalue weighted by atomic mass is 19.1. The first-order chi connectivity index (χ1) is 7.49. The number of nitrogens with zero attached hydrogens (tertiary/aromatic N) is 2. The Morgan fingerprint density at radius 3 is 2.75 bits per heavy atom. The Labute approximate surface area is 89.6 Å². The Kier molecular flexibility index (Phi) is 2.34. The molecule has 0 radical (unpaired) electrons. The normalized spacial score (nSPS) is 11.2. The third kappa shape index (κ3) is 1.62. The van der Waals surface area contributed by atoms with E-state index in [4.69, 9.17) is 0 Å². The van der Waals surface area contributed by atoms with Gasteiger partial charge in [0.15, 0.2) is 0 Å². The zero-order valence-electron chi connectivity index (χ0n) is 8.82. The second-order valence-electron chi connectivity index (χ2n) is 3.77. The lowest BCUT2D eigenvalue weighted by atomic mass is 10.3. The highest BCUT2D eigenvalue weighted by Crippen LogP contribution is 2.10. The molecule has 0 saturated heterocycles. The van der Waals surface area contributed by atoms with E-state index >= 15 is 0 Å². The third-order valence-electron chi connectivity index (χ3n) is 2.26. The molecule has 0 atom stereocenters. The van der Waals surface area contributed by atoms with E-state index in [0.29, 0.717) is 0 Å². The van der Waals surface area contributed by atoms with Crippen molar-refractivity contribution < 1.29 is 4.39 Å². The summed E-state index contributed by atoms with van der Waals surface area (Å²) in [5.41, 5.74) is -1.14. The van der Waals surface area contributed by atoms with Gasteiger partial charge in [-0.3, -0.25) is 9.36 Å². The van der Waals surface area contributed by atoms with Crippen LogP contribution in [0.5, 0.6) is 0 Å². The summed E-state index contributed by atoms with van der Waals surface area (Å²) in [6.45, 7) is 3.58. The molecule has 2 aromatic heterocycles. The summed E-state index contributed by atoms with van der Waals surface area (Å²) in [5, 5.41) is 0.132. The molecule has 0 spiro atoms. The molecule has 0 aliphatic carbocycles. The fourth-order valence-electron chi connectivity index (χ4n) is 1.45. The lowest BCUT2D eigenvalue weighted by molar-refractivity contribution is 0.564. The van der Waals surface area contributed by atoms with Gasteiger partial charge >= 0.3 is 5.69 Å². The Balaban J connectivity index is 2.90. The number of aromatic amines is 1. The molecule has 16 heavy (non-hydrogen) atoms. The van der Waals surface area contributed by atoms with Crippen LogP contribution in [0.2, 0.25) is 0 Å². The molecule has 0 unspecified atom stereocenters. The number of rotatable bonds is 1. The molecule has 0 aliphatic heterocycles. The van der Waals surface area contributed by atoms with Gasteiger partial charge in [-0.15, -0.1) is 0 Å². The van der Waals surface area contributed by atoms with Crippen LogP contribution in [0, 0.1) is 5.82 Å². The predicted octanol–water partition coefficient (Wildman–Crippen LogP) is 0.805. The summed E-state index contributed by atoms with van der Waals surface area (Å²) in [5.74, 6) is -0.680. The van der Waals surface area contributed by atoms with Crippen molar-refractivity contribution in [2.24, 2.45) is 0 Å². The van der Waals surface area contributed by atoms with Crippen LogP contribution in [0.3, 0.4) is 0 Å². The summed E-state index contributed by atoms with van der Waals surface area (Å²) in [6.07, 6.45) is 1.36. The number of fused-ring (bicyclic) bond motifs is 1. The maximum Gasteiger partial charge on any atom is 0.349 e. The maximum absolute atomic E-state index is 13.4. The molecular formula is C10H10FN3O2. The fourth-order valence-corrected chi connectivity index (χ4v) is 1.45. The van der Waals surface area contributed by atoms with Gasteiger partial charge < -0.3 is 4.98 Å². The Morgan fingerprint density at radius 2 is 2.12 bits per heavy atom. The first-order valence-electron chi connectivity index (χ1n) is 4.81. The van der Waals surface area contributed by atoms with Gasteiger partial charge in [0, 0.05) is 18.3 Å². The summed E-state index contributed by atoms with van der Waals surface area (Å²) in [4.78, 5) is 28.4. The molecular weight excluding hydrogens is 213 g/mol. The zero-order valence-corrected chi connectivity index (χ0v) is 8.82. The van der Waals surface area contributed by atoms with E-state index in [0.717, 1.165) is 6.07 Å². The molecule has 0 amide bonds. The van der Waals surface area contributed by atoms with Crippen LogP contribution < -0.4 is 11.2 Å². The van der Waals surface area contributed by atoms with Crippen molar-refractivity contribution in [3.63, 3.8) is 0 Å². The van der Waals surface area contributed by atoms with E-state index in [-0.39, 0.29) is 17.1 Å². The molecule has 0 saturated carbocycles. The van der Waals surface area contributed by atoms with E-state index in [1.54, 1.807) is 13.8 Å². The molecule has 2 rings (SSSR count). The number of nitrogens with one attached hydrogen (secondary N) is 1. The van der Waals surface area contributed by atoms with Gasteiger partial charge in [-0.2, -0.15) is 4.98 Å². The van der Waals surface area contributed by atoms with Crippen molar-refractivity contribution in [1.29, 1.82) is 0 Å². The molecule has 0 bridgehead atoms. The minimum Gasteiger partial charge on any atom is -0.306 e. The quantitative estimate of drug-likeness (QED) is 0.777. The van der Waals surface area contributed by atoms with Gasteiger partial charge in [-0.05, 0) is 13.8 Å². The van der Waals surface area contributed by atoms with E-state index in [1.807, 2.05) is 0 Å². The van der Waals surface area contributed by atoms with Crippen LogP contribution >= 0.6 is 0 Å². The Morgan fingerprint density at radius 1 is 1.44 bits per heavy atom. The monoisotopic (exact) mass is 223 g/mol. The Bertz CT molecular complexity index is 657. The Hall–Kier alpha value is -1.98. The number of pyridine rings is 1. The second kappa shape index (κ2) is 3.55. The first-order valence-corrected chi connectivity index (χ1v) is 4.81. The fraction of sp³-hybridized carbons (Fsp3) is 0.300. The van der Waals surface area contributed by atoms with Crippen LogP contribution in [-0.2, 0) is 0 Å². The molecule has 84 valence electrons. The number of aromatic nitrogens is 3. The molecule has 5 nitrogen and oxygen atoms in total. The topological polar surface area (TPSA) is 67.8 Å². The standard InChI is InChI=1S/C10H10FN3O2/c1-5(2)14-4-6-7(11)3-8(15)12-9(6)13-10(14)16/h3-5H,1-2H3,(H,12,13,15,16). The van der Waals surface area contributed by atoms with Crippen LogP contribution in [0.25, 0.3) is 11.0 Å². The molecule has 2 aromatic rings. The van der Waals surface area contributed by atoms with Crippen molar-refractivity contribution in [3.8, 4) is 0 Å². The summed E-state index contributed by atoms with van der Waals surface area (Å²) >= 11 is 0. The number of halogens is 1. The minimum absolute atomic E-state index is 0.0214. The van der Waals surface area contributed by atoms with Crippen molar-refractivity contribution in [1.82, 2.24) is 14.5 Å². The summed E-state index contributed by atoms with van der Waals surface area (Å²) in [7, 11) is 0. The molecule has 0 aromatic carbocycles. The van der Waals surface area contributed by atoms with Crippen molar-refractivity contribution in [3.05, 3.63) is 38.9 Å². The zero-order chi connectivity index (χ0) is 11.9. The van der Waals surface area contributed by atoms with Gasteiger partial charge in [0.1, 0.15) is 11.5 Å². The number of hydrogen-bond donors (Lipinski definition) is 1. The molecule has 0 fully saturated rings. The average molecular weight is 223 g/mol. The number of H-pyrrole nitrogens is 1.